The molecule has 23 heavy (non-hydrogen) atoms. The summed E-state index contributed by atoms with van der Waals surface area (Å²) in [7, 11) is 0. The Morgan fingerprint density at radius 1 is 1.09 bits per heavy atom. The maximum atomic E-state index is 12.3. The molecule has 0 unspecified atom stereocenters. The smallest absolute Gasteiger partial charge is 0.293 e. The van der Waals surface area contributed by atoms with Gasteiger partial charge in [0.25, 0.3) is 5.91 Å². The summed E-state index contributed by atoms with van der Waals surface area (Å²) in [6.07, 6.45) is 0.262. The van der Waals surface area contributed by atoms with Crippen LogP contribution in [0, 0.1) is 25.2 Å². The average molecular weight is 315 g/mol. The van der Waals surface area contributed by atoms with E-state index in [9.17, 15) is 19.2 Å². The summed E-state index contributed by atoms with van der Waals surface area (Å²) >= 11 is 0. The van der Waals surface area contributed by atoms with Crippen molar-refractivity contribution in [3.8, 4) is 0 Å². The van der Waals surface area contributed by atoms with E-state index >= 15 is 0 Å². The second-order valence-corrected chi connectivity index (χ2v) is 7.02. The van der Waals surface area contributed by atoms with Crippen molar-refractivity contribution in [3.05, 3.63) is 29.3 Å². The van der Waals surface area contributed by atoms with Crippen molar-refractivity contribution in [1.82, 2.24) is 0 Å². The van der Waals surface area contributed by atoms with Crippen LogP contribution in [0.4, 0.5) is 5.69 Å². The molecule has 0 saturated heterocycles. The molecular weight excluding hydrogens is 294 g/mol. The molecule has 1 amide bonds. The normalized spacial score (nSPS) is 17.9. The number of anilines is 1. The van der Waals surface area contributed by atoms with Gasteiger partial charge in [0, 0.05) is 18.5 Å². The molecule has 1 fully saturated rings. The Hall–Kier alpha value is -2.30. The van der Waals surface area contributed by atoms with Gasteiger partial charge in [-0.3, -0.25) is 19.2 Å². The molecule has 5 nitrogen and oxygen atoms in total. The van der Waals surface area contributed by atoms with Crippen LogP contribution in [0.5, 0.6) is 0 Å². The zero-order valence-corrected chi connectivity index (χ0v) is 13.9. The highest BCUT2D eigenvalue weighted by Gasteiger charge is 2.45. The zero-order chi connectivity index (χ0) is 17.4. The third-order valence-corrected chi connectivity index (χ3v) is 4.07. The summed E-state index contributed by atoms with van der Waals surface area (Å²) < 4.78 is 0. The van der Waals surface area contributed by atoms with Gasteiger partial charge >= 0.3 is 0 Å². The fraction of sp³-hybridized carbons (Fsp3) is 0.444. The number of hydrogen-bond donors (Lipinski definition) is 1. The number of aryl methyl sites for hydroxylation is 2. The van der Waals surface area contributed by atoms with Gasteiger partial charge in [-0.15, -0.1) is 0 Å². The van der Waals surface area contributed by atoms with Crippen LogP contribution in [0.2, 0.25) is 0 Å². The highest BCUT2D eigenvalue weighted by Crippen LogP contribution is 2.34. The van der Waals surface area contributed by atoms with Gasteiger partial charge in [0.2, 0.25) is 5.78 Å². The Balaban J connectivity index is 2.15. The van der Waals surface area contributed by atoms with E-state index in [0.29, 0.717) is 5.69 Å². The van der Waals surface area contributed by atoms with Crippen molar-refractivity contribution in [3.63, 3.8) is 0 Å². The molecule has 1 aliphatic rings. The molecule has 1 aromatic rings. The molecule has 0 heterocycles. The largest absolute Gasteiger partial charge is 0.319 e. The van der Waals surface area contributed by atoms with Crippen LogP contribution in [-0.2, 0) is 19.2 Å². The molecule has 0 aromatic heterocycles. The molecule has 1 N–H and O–H groups in total. The maximum absolute atomic E-state index is 12.3. The molecule has 1 aromatic carbocycles. The molecule has 1 aliphatic carbocycles. The quantitative estimate of drug-likeness (QED) is 0.686. The molecule has 1 saturated carbocycles. The molecule has 0 spiro atoms. The Kier molecular flexibility index (Phi) is 4.50. The van der Waals surface area contributed by atoms with Gasteiger partial charge in [0.15, 0.2) is 11.6 Å². The van der Waals surface area contributed by atoms with Gasteiger partial charge < -0.3 is 5.32 Å². The minimum atomic E-state index is -1.45. The average Bonchev–Trinajstić information content (AvgIpc) is 2.39. The number of benzene rings is 1. The first-order chi connectivity index (χ1) is 10.6. The minimum Gasteiger partial charge on any atom is -0.319 e. The second kappa shape index (κ2) is 6.07. The van der Waals surface area contributed by atoms with Crippen molar-refractivity contribution in [2.24, 2.45) is 11.3 Å². The van der Waals surface area contributed by atoms with Crippen LogP contribution in [0.1, 0.15) is 37.8 Å². The lowest BCUT2D eigenvalue weighted by molar-refractivity contribution is -0.149. The van der Waals surface area contributed by atoms with Crippen LogP contribution in [0.25, 0.3) is 0 Å². The van der Waals surface area contributed by atoms with E-state index in [1.54, 1.807) is 19.9 Å². The molecule has 0 radical (unpaired) electrons. The van der Waals surface area contributed by atoms with Crippen LogP contribution in [0.3, 0.4) is 0 Å². The van der Waals surface area contributed by atoms with E-state index in [1.165, 1.54) is 0 Å². The number of ketones is 3. The Bertz CT molecular complexity index is 683. The topological polar surface area (TPSA) is 80.3 Å². The number of rotatable bonds is 3. The lowest BCUT2D eigenvalue weighted by Crippen LogP contribution is -2.45. The van der Waals surface area contributed by atoms with Gasteiger partial charge in [-0.05, 0) is 30.9 Å². The van der Waals surface area contributed by atoms with Gasteiger partial charge in [0.05, 0.1) is 0 Å². The minimum absolute atomic E-state index is 0.131. The van der Waals surface area contributed by atoms with Crippen molar-refractivity contribution in [2.45, 2.75) is 40.5 Å². The highest BCUT2D eigenvalue weighted by atomic mass is 16.2. The Labute approximate surface area is 135 Å². The summed E-state index contributed by atoms with van der Waals surface area (Å²) in [6, 6.07) is 5.38. The summed E-state index contributed by atoms with van der Waals surface area (Å²) in [6.45, 7) is 7.34. The molecule has 0 atom stereocenters. The van der Waals surface area contributed by atoms with E-state index < -0.39 is 34.6 Å². The predicted octanol–water partition coefficient (Wildman–Crippen LogP) is 2.39. The molecule has 122 valence electrons. The number of amides is 1. The lowest BCUT2D eigenvalue weighted by atomic mass is 9.70. The summed E-state index contributed by atoms with van der Waals surface area (Å²) in [5.41, 5.74) is 1.90. The van der Waals surface area contributed by atoms with E-state index in [4.69, 9.17) is 0 Å². The third-order valence-electron chi connectivity index (χ3n) is 4.07. The first-order valence-electron chi connectivity index (χ1n) is 7.58. The number of carbonyl (C=O) groups is 4. The number of nitrogens with one attached hydrogen (secondary N) is 1. The van der Waals surface area contributed by atoms with Crippen LogP contribution in [0.15, 0.2) is 18.2 Å². The van der Waals surface area contributed by atoms with Crippen molar-refractivity contribution < 1.29 is 19.2 Å². The standard InChI is InChI=1S/C18H21NO4/c1-10-5-6-12(11(2)7-10)19-17(23)16(22)15-13(20)8-18(3,4)9-14(15)21/h5-7,15H,8-9H2,1-4H3,(H,19,23). The molecule has 0 bridgehead atoms. The molecule has 2 rings (SSSR count). The molecule has 5 heteroatoms. The van der Waals surface area contributed by atoms with Crippen LogP contribution >= 0.6 is 0 Å². The Morgan fingerprint density at radius 2 is 1.65 bits per heavy atom. The van der Waals surface area contributed by atoms with Gasteiger partial charge in [-0.25, -0.2) is 0 Å². The maximum Gasteiger partial charge on any atom is 0.293 e. The summed E-state index contributed by atoms with van der Waals surface area (Å²) in [5, 5.41) is 2.50. The van der Waals surface area contributed by atoms with Gasteiger partial charge in [-0.2, -0.15) is 0 Å². The highest BCUT2D eigenvalue weighted by molar-refractivity contribution is 6.48. The number of Topliss-reactive ketones (excluding diaryl/α,β-unsaturated/α-hetero) is 3. The monoisotopic (exact) mass is 315 g/mol. The molecular formula is C18H21NO4. The second-order valence-electron chi connectivity index (χ2n) is 7.02. The van der Waals surface area contributed by atoms with Crippen LogP contribution < -0.4 is 5.32 Å². The molecule has 0 aliphatic heterocycles. The van der Waals surface area contributed by atoms with Crippen molar-refractivity contribution in [2.75, 3.05) is 5.32 Å². The number of carbonyl (C=O) groups excluding carboxylic acids is 4. The van der Waals surface area contributed by atoms with E-state index in [0.717, 1.165) is 11.1 Å². The van der Waals surface area contributed by atoms with E-state index in [-0.39, 0.29) is 12.8 Å². The zero-order valence-electron chi connectivity index (χ0n) is 13.9. The van der Waals surface area contributed by atoms with Crippen molar-refractivity contribution in [1.29, 1.82) is 0 Å². The van der Waals surface area contributed by atoms with E-state index in [2.05, 4.69) is 5.32 Å². The first kappa shape index (κ1) is 17.1. The summed E-state index contributed by atoms with van der Waals surface area (Å²) in [5.74, 6) is -4.26. The van der Waals surface area contributed by atoms with Gasteiger partial charge in [0.1, 0.15) is 5.92 Å². The lowest BCUT2D eigenvalue weighted by Gasteiger charge is -2.30. The fourth-order valence-electron chi connectivity index (χ4n) is 2.95. The first-order valence-corrected chi connectivity index (χ1v) is 7.58. The number of hydrogen-bond acceptors (Lipinski definition) is 4. The third kappa shape index (κ3) is 3.73. The van der Waals surface area contributed by atoms with Crippen molar-refractivity contribution >= 4 is 28.9 Å². The Morgan fingerprint density at radius 3 is 2.17 bits per heavy atom. The van der Waals surface area contributed by atoms with Gasteiger partial charge in [-0.1, -0.05) is 31.5 Å². The predicted molar refractivity (Wildman–Crippen MR) is 86.1 cm³/mol. The van der Waals surface area contributed by atoms with E-state index in [1.807, 2.05) is 26.0 Å². The SMILES string of the molecule is Cc1ccc(NC(=O)C(=O)C2C(=O)CC(C)(C)CC2=O)c(C)c1. The van der Waals surface area contributed by atoms with Crippen LogP contribution in [-0.4, -0.2) is 23.3 Å². The summed E-state index contributed by atoms with van der Waals surface area (Å²) in [4.78, 5) is 48.6. The fourth-order valence-corrected chi connectivity index (χ4v) is 2.95.